The van der Waals surface area contributed by atoms with Crippen molar-refractivity contribution in [2.75, 3.05) is 19.6 Å². The van der Waals surface area contributed by atoms with Gasteiger partial charge in [0.05, 0.1) is 0 Å². The average molecular weight is 319 g/mol. The van der Waals surface area contributed by atoms with Gasteiger partial charge in [0.25, 0.3) is 0 Å². The monoisotopic (exact) mass is 319 g/mol. The standard InChI is InChI=1S/C19H30N2O2/c1-3-4-9-17-10-8-11-18(14-17)20-19(22)23-16(2)15-21-12-6-5-7-13-21/h8,10-11,14,16H,3-7,9,12-13,15H2,1-2H3,(H,20,22)/p+1/t16-/m1/s1. The number of nitrogens with zero attached hydrogens (tertiary/aromatic N) is 1. The first-order chi connectivity index (χ1) is 11.2. The number of benzene rings is 1. The molecule has 2 N–H and O–H groups in total. The highest BCUT2D eigenvalue weighted by molar-refractivity contribution is 5.59. The maximum Gasteiger partial charge on any atom is 0.551 e. The van der Waals surface area contributed by atoms with E-state index < -0.39 is 0 Å². The highest BCUT2D eigenvalue weighted by Gasteiger charge is 2.17. The van der Waals surface area contributed by atoms with Crippen LogP contribution in [0.2, 0.25) is 0 Å². The van der Waals surface area contributed by atoms with Crippen LogP contribution in [0.4, 0.5) is 5.69 Å². The van der Waals surface area contributed by atoms with Crippen molar-refractivity contribution in [2.45, 2.75) is 58.5 Å². The molecule has 1 heterocycles. The Kier molecular flexibility index (Phi) is 7.40. The van der Waals surface area contributed by atoms with E-state index in [1.165, 1.54) is 37.7 Å². The highest BCUT2D eigenvalue weighted by Crippen LogP contribution is 2.10. The van der Waals surface area contributed by atoms with Crippen LogP contribution in [-0.2, 0) is 11.2 Å². The fourth-order valence-electron chi connectivity index (χ4n) is 3.07. The Bertz CT molecular complexity index is 496. The minimum Gasteiger partial charge on any atom is -0.430 e. The average Bonchev–Trinajstić information content (AvgIpc) is 2.54. The van der Waals surface area contributed by atoms with Crippen molar-refractivity contribution >= 4 is 11.8 Å². The maximum atomic E-state index is 10.0. The van der Waals surface area contributed by atoms with Gasteiger partial charge in [-0.15, -0.1) is 4.99 Å². The molecule has 0 aromatic heterocycles. The lowest BCUT2D eigenvalue weighted by atomic mass is 10.1. The molecule has 4 nitrogen and oxygen atoms in total. The minimum absolute atomic E-state index is 0.0242. The number of piperidine rings is 1. The van der Waals surface area contributed by atoms with Crippen molar-refractivity contribution in [3.63, 3.8) is 0 Å². The summed E-state index contributed by atoms with van der Waals surface area (Å²) < 4.78 is 5.60. The molecule has 0 aliphatic carbocycles. The van der Waals surface area contributed by atoms with Gasteiger partial charge in [-0.3, -0.25) is 4.90 Å². The van der Waals surface area contributed by atoms with E-state index in [1.54, 1.807) is 0 Å². The molecule has 0 amide bonds. The summed E-state index contributed by atoms with van der Waals surface area (Å²) in [6.45, 7) is 7.34. The van der Waals surface area contributed by atoms with Gasteiger partial charge in [0, 0.05) is 18.7 Å². The summed E-state index contributed by atoms with van der Waals surface area (Å²) in [6, 6.07) is 8.16. The van der Waals surface area contributed by atoms with E-state index in [2.05, 4.69) is 28.9 Å². The lowest BCUT2D eigenvalue weighted by Crippen LogP contribution is -2.67. The lowest BCUT2D eigenvalue weighted by molar-refractivity contribution is -0.383. The lowest BCUT2D eigenvalue weighted by Gasteiger charge is -2.28. The van der Waals surface area contributed by atoms with Crippen LogP contribution in [0.15, 0.2) is 24.3 Å². The molecule has 2 rings (SSSR count). The van der Waals surface area contributed by atoms with Crippen molar-refractivity contribution in [1.82, 2.24) is 4.90 Å². The second kappa shape index (κ2) is 9.56. The van der Waals surface area contributed by atoms with Gasteiger partial charge in [0.2, 0.25) is 5.69 Å². The third-order valence-electron chi connectivity index (χ3n) is 4.27. The van der Waals surface area contributed by atoms with Gasteiger partial charge in [-0.05, 0) is 51.3 Å². The summed E-state index contributed by atoms with van der Waals surface area (Å²) in [6.07, 6.45) is 7.18. The molecule has 128 valence electrons. The molecule has 1 atom stereocenters. The van der Waals surface area contributed by atoms with Crippen molar-refractivity contribution in [1.29, 1.82) is 0 Å². The van der Waals surface area contributed by atoms with Gasteiger partial charge >= 0.3 is 6.08 Å². The quantitative estimate of drug-likeness (QED) is 0.600. The van der Waals surface area contributed by atoms with Crippen LogP contribution in [0.25, 0.3) is 0 Å². The number of aliphatic hydroxyl groups excluding tert-OH is 1. The summed E-state index contributed by atoms with van der Waals surface area (Å²) in [5, 5.41) is 10.0. The summed E-state index contributed by atoms with van der Waals surface area (Å²) in [5.74, 6) is 0. The zero-order chi connectivity index (χ0) is 16.5. The SMILES string of the molecule is CCCCc1cccc([NH+]=C(O)O[C@H](C)CN2CCCCC2)c1. The minimum atomic E-state index is -0.109. The smallest absolute Gasteiger partial charge is 0.430 e. The van der Waals surface area contributed by atoms with Gasteiger partial charge in [0.1, 0.15) is 6.10 Å². The van der Waals surface area contributed by atoms with Crippen LogP contribution in [0.5, 0.6) is 0 Å². The summed E-state index contributed by atoms with van der Waals surface area (Å²) >= 11 is 0. The van der Waals surface area contributed by atoms with E-state index in [9.17, 15) is 5.11 Å². The molecule has 0 saturated carbocycles. The van der Waals surface area contributed by atoms with Crippen LogP contribution < -0.4 is 4.99 Å². The summed E-state index contributed by atoms with van der Waals surface area (Å²) in [4.78, 5) is 5.37. The third kappa shape index (κ3) is 6.61. The number of aryl methyl sites for hydroxylation is 1. The Labute approximate surface area is 140 Å². The van der Waals surface area contributed by atoms with Crippen molar-refractivity contribution in [3.05, 3.63) is 29.8 Å². The number of likely N-dealkylation sites (tertiary alicyclic amines) is 1. The molecule has 1 aliphatic heterocycles. The van der Waals surface area contributed by atoms with Crippen LogP contribution in [0.1, 0.15) is 51.5 Å². The normalized spacial score (nSPS) is 17.9. The van der Waals surface area contributed by atoms with Crippen molar-refractivity contribution in [2.24, 2.45) is 0 Å². The zero-order valence-corrected chi connectivity index (χ0v) is 14.6. The number of rotatable bonds is 7. The van der Waals surface area contributed by atoms with Gasteiger partial charge in [-0.2, -0.15) is 0 Å². The molecule has 23 heavy (non-hydrogen) atoms. The summed E-state index contributed by atoms with van der Waals surface area (Å²) in [5.41, 5.74) is 2.16. The van der Waals surface area contributed by atoms with E-state index in [0.29, 0.717) is 0 Å². The van der Waals surface area contributed by atoms with E-state index in [1.807, 2.05) is 19.1 Å². The van der Waals surface area contributed by atoms with Gasteiger partial charge < -0.3 is 9.84 Å². The molecule has 1 saturated heterocycles. The Morgan fingerprint density at radius 2 is 2.09 bits per heavy atom. The van der Waals surface area contributed by atoms with Gasteiger partial charge in [-0.25, -0.2) is 0 Å². The number of hydrogen-bond acceptors (Lipinski definition) is 2. The maximum absolute atomic E-state index is 10.0. The number of nitrogens with one attached hydrogen (secondary N) is 1. The van der Waals surface area contributed by atoms with E-state index in [4.69, 9.17) is 4.74 Å². The second-order valence-corrected chi connectivity index (χ2v) is 6.52. The Morgan fingerprint density at radius 3 is 2.83 bits per heavy atom. The first-order valence-electron chi connectivity index (χ1n) is 8.98. The predicted octanol–water partition coefficient (Wildman–Crippen LogP) is 2.55. The molecule has 1 aromatic rings. The Morgan fingerprint density at radius 1 is 1.30 bits per heavy atom. The molecular formula is C19H31N2O2+. The number of hydrogen-bond donors (Lipinski definition) is 2. The fraction of sp³-hybridized carbons (Fsp3) is 0.632. The van der Waals surface area contributed by atoms with Crippen molar-refractivity contribution in [3.8, 4) is 0 Å². The summed E-state index contributed by atoms with van der Waals surface area (Å²) in [7, 11) is 0. The van der Waals surface area contributed by atoms with Crippen LogP contribution in [0, 0.1) is 0 Å². The topological polar surface area (TPSA) is 46.7 Å². The van der Waals surface area contributed by atoms with E-state index in [-0.39, 0.29) is 12.2 Å². The van der Waals surface area contributed by atoms with Crippen LogP contribution in [0.3, 0.4) is 0 Å². The van der Waals surface area contributed by atoms with Gasteiger partial charge in [-0.1, -0.05) is 31.9 Å². The first kappa shape index (κ1) is 17.8. The molecule has 1 aliphatic rings. The fourth-order valence-corrected chi connectivity index (χ4v) is 3.07. The van der Waals surface area contributed by atoms with E-state index in [0.717, 1.165) is 31.7 Å². The molecule has 0 bridgehead atoms. The number of ether oxygens (including phenoxy) is 1. The molecule has 0 unspecified atom stereocenters. The zero-order valence-electron chi connectivity index (χ0n) is 14.6. The molecule has 1 aromatic carbocycles. The van der Waals surface area contributed by atoms with Gasteiger partial charge in [0.15, 0.2) is 0 Å². The van der Waals surface area contributed by atoms with Crippen LogP contribution in [-0.4, -0.2) is 41.8 Å². The second-order valence-electron chi connectivity index (χ2n) is 6.52. The van der Waals surface area contributed by atoms with E-state index >= 15 is 0 Å². The third-order valence-corrected chi connectivity index (χ3v) is 4.27. The molecule has 1 fully saturated rings. The molecule has 4 heteroatoms. The Hall–Kier alpha value is -1.55. The number of unbranched alkanes of at least 4 members (excludes halogenated alkanes) is 1. The largest absolute Gasteiger partial charge is 0.551 e. The molecular weight excluding hydrogens is 288 g/mol. The predicted molar refractivity (Wildman–Crippen MR) is 94.2 cm³/mol. The van der Waals surface area contributed by atoms with Crippen molar-refractivity contribution < 1.29 is 14.8 Å². The first-order valence-corrected chi connectivity index (χ1v) is 8.98. The Balaban J connectivity index is 1.85. The molecule has 0 radical (unpaired) electrons. The molecule has 0 spiro atoms. The highest BCUT2D eigenvalue weighted by atomic mass is 16.6. The number of aliphatic hydroxyl groups is 1. The van der Waals surface area contributed by atoms with Crippen LogP contribution >= 0.6 is 0 Å².